The zero-order valence-electron chi connectivity index (χ0n) is 7.90. The van der Waals surface area contributed by atoms with E-state index in [1.807, 2.05) is 0 Å². The predicted molar refractivity (Wildman–Crippen MR) is 51.9 cm³/mol. The van der Waals surface area contributed by atoms with E-state index in [2.05, 4.69) is 10.3 Å². The fourth-order valence-corrected chi connectivity index (χ4v) is 1.77. The molecular weight excluding hydrogens is 180 g/mol. The standard InChI is InChI=1S/C10H14N2O2/c13-8-2-3-9(12-6-8)10(14)4-1-5-11-7-10/h2-3,6,11,13-14H,1,4-5,7H2. The minimum absolute atomic E-state index is 0.126. The lowest BCUT2D eigenvalue weighted by atomic mass is 9.90. The van der Waals surface area contributed by atoms with Crippen LogP contribution in [0, 0.1) is 0 Å². The molecule has 0 bridgehead atoms. The second-order valence-electron chi connectivity index (χ2n) is 3.71. The highest BCUT2D eigenvalue weighted by Gasteiger charge is 2.32. The lowest BCUT2D eigenvalue weighted by Crippen LogP contribution is -2.43. The van der Waals surface area contributed by atoms with Crippen LogP contribution in [0.5, 0.6) is 5.75 Å². The summed E-state index contributed by atoms with van der Waals surface area (Å²) in [7, 11) is 0. The Kier molecular flexibility index (Phi) is 2.39. The fourth-order valence-electron chi connectivity index (χ4n) is 1.77. The smallest absolute Gasteiger partial charge is 0.133 e. The quantitative estimate of drug-likeness (QED) is 0.604. The number of pyridine rings is 1. The molecule has 4 nitrogen and oxygen atoms in total. The lowest BCUT2D eigenvalue weighted by molar-refractivity contribution is 0.00819. The van der Waals surface area contributed by atoms with Gasteiger partial charge in [0.15, 0.2) is 0 Å². The molecule has 14 heavy (non-hydrogen) atoms. The number of nitrogens with zero attached hydrogens (tertiary/aromatic N) is 1. The average molecular weight is 194 g/mol. The molecule has 0 aliphatic carbocycles. The van der Waals surface area contributed by atoms with Crippen molar-refractivity contribution in [3.8, 4) is 5.75 Å². The average Bonchev–Trinajstić information content (AvgIpc) is 2.19. The van der Waals surface area contributed by atoms with Crippen LogP contribution in [0.15, 0.2) is 18.3 Å². The van der Waals surface area contributed by atoms with E-state index >= 15 is 0 Å². The summed E-state index contributed by atoms with van der Waals surface area (Å²) < 4.78 is 0. The van der Waals surface area contributed by atoms with Gasteiger partial charge in [-0.1, -0.05) is 0 Å². The van der Waals surface area contributed by atoms with Crippen LogP contribution in [0.3, 0.4) is 0 Å². The van der Waals surface area contributed by atoms with Gasteiger partial charge in [0.1, 0.15) is 11.4 Å². The van der Waals surface area contributed by atoms with Crippen molar-refractivity contribution in [2.45, 2.75) is 18.4 Å². The molecule has 1 fully saturated rings. The van der Waals surface area contributed by atoms with E-state index in [9.17, 15) is 5.11 Å². The van der Waals surface area contributed by atoms with Crippen LogP contribution in [0.1, 0.15) is 18.5 Å². The fraction of sp³-hybridized carbons (Fsp3) is 0.500. The third-order valence-electron chi connectivity index (χ3n) is 2.59. The number of β-amino-alcohol motifs (C(OH)–C–C–N with tert-alkyl or cyclic N) is 1. The first-order valence-electron chi connectivity index (χ1n) is 4.79. The Bertz CT molecular complexity index is 304. The molecule has 1 aliphatic heterocycles. The summed E-state index contributed by atoms with van der Waals surface area (Å²) in [4.78, 5) is 4.03. The first-order chi connectivity index (χ1) is 6.71. The number of nitrogens with one attached hydrogen (secondary N) is 1. The van der Waals surface area contributed by atoms with Crippen molar-refractivity contribution in [1.82, 2.24) is 10.3 Å². The summed E-state index contributed by atoms with van der Waals surface area (Å²) in [6.07, 6.45) is 3.03. The third-order valence-corrected chi connectivity index (χ3v) is 2.59. The lowest BCUT2D eigenvalue weighted by Gasteiger charge is -2.31. The van der Waals surface area contributed by atoms with Crippen LogP contribution < -0.4 is 5.32 Å². The van der Waals surface area contributed by atoms with Gasteiger partial charge in [-0.15, -0.1) is 0 Å². The van der Waals surface area contributed by atoms with E-state index in [1.165, 1.54) is 6.20 Å². The monoisotopic (exact) mass is 194 g/mol. The van der Waals surface area contributed by atoms with Crippen molar-refractivity contribution in [3.05, 3.63) is 24.0 Å². The maximum Gasteiger partial charge on any atom is 0.133 e. The van der Waals surface area contributed by atoms with Crippen LogP contribution >= 0.6 is 0 Å². The van der Waals surface area contributed by atoms with Crippen molar-refractivity contribution in [2.75, 3.05) is 13.1 Å². The zero-order valence-corrected chi connectivity index (χ0v) is 7.90. The first kappa shape index (κ1) is 9.43. The van der Waals surface area contributed by atoms with Gasteiger partial charge in [-0.2, -0.15) is 0 Å². The number of aromatic nitrogens is 1. The predicted octanol–water partition coefficient (Wildman–Crippen LogP) is 0.358. The van der Waals surface area contributed by atoms with Crippen LogP contribution in [-0.2, 0) is 5.60 Å². The van der Waals surface area contributed by atoms with Crippen LogP contribution in [0.2, 0.25) is 0 Å². The van der Waals surface area contributed by atoms with Crippen molar-refractivity contribution in [3.63, 3.8) is 0 Å². The number of hydrogen-bond acceptors (Lipinski definition) is 4. The molecule has 2 rings (SSSR count). The summed E-state index contributed by atoms with van der Waals surface area (Å²) in [5, 5.41) is 22.4. The SMILES string of the molecule is Oc1ccc(C2(O)CCCNC2)nc1. The topological polar surface area (TPSA) is 65.4 Å². The number of rotatable bonds is 1. The van der Waals surface area contributed by atoms with Gasteiger partial charge < -0.3 is 15.5 Å². The molecule has 76 valence electrons. The van der Waals surface area contributed by atoms with Crippen molar-refractivity contribution in [1.29, 1.82) is 0 Å². The molecule has 0 aromatic carbocycles. The van der Waals surface area contributed by atoms with Crippen LogP contribution in [0.25, 0.3) is 0 Å². The second-order valence-corrected chi connectivity index (χ2v) is 3.71. The Balaban J connectivity index is 2.23. The molecule has 1 aliphatic rings. The largest absolute Gasteiger partial charge is 0.506 e. The molecular formula is C10H14N2O2. The highest BCUT2D eigenvalue weighted by Crippen LogP contribution is 2.27. The molecule has 1 atom stereocenters. The highest BCUT2D eigenvalue weighted by molar-refractivity contribution is 5.22. The molecule has 0 saturated carbocycles. The Hall–Kier alpha value is -1.13. The van der Waals surface area contributed by atoms with Gasteiger partial charge in [0.2, 0.25) is 0 Å². The molecule has 0 spiro atoms. The number of piperidine rings is 1. The van der Waals surface area contributed by atoms with Gasteiger partial charge in [-0.05, 0) is 31.5 Å². The van der Waals surface area contributed by atoms with E-state index in [4.69, 9.17) is 5.11 Å². The summed E-state index contributed by atoms with van der Waals surface area (Å²) >= 11 is 0. The molecule has 0 amide bonds. The molecule has 1 aromatic rings. The minimum atomic E-state index is -0.869. The number of aromatic hydroxyl groups is 1. The number of hydrogen-bond donors (Lipinski definition) is 3. The maximum absolute atomic E-state index is 10.2. The van der Waals surface area contributed by atoms with Crippen molar-refractivity contribution >= 4 is 0 Å². The third kappa shape index (κ3) is 1.71. The minimum Gasteiger partial charge on any atom is -0.506 e. The van der Waals surface area contributed by atoms with Crippen LogP contribution in [-0.4, -0.2) is 28.3 Å². The summed E-state index contributed by atoms with van der Waals surface area (Å²) in [5.74, 6) is 0.126. The second kappa shape index (κ2) is 3.55. The Labute approximate surface area is 82.6 Å². The van der Waals surface area contributed by atoms with Crippen molar-refractivity contribution in [2.24, 2.45) is 0 Å². The molecule has 0 radical (unpaired) electrons. The molecule has 1 unspecified atom stereocenters. The van der Waals surface area contributed by atoms with E-state index in [-0.39, 0.29) is 5.75 Å². The first-order valence-corrected chi connectivity index (χ1v) is 4.79. The van der Waals surface area contributed by atoms with E-state index in [0.29, 0.717) is 12.2 Å². The molecule has 3 N–H and O–H groups in total. The highest BCUT2D eigenvalue weighted by atomic mass is 16.3. The van der Waals surface area contributed by atoms with E-state index in [0.717, 1.165) is 19.4 Å². The summed E-state index contributed by atoms with van der Waals surface area (Å²) in [6, 6.07) is 3.22. The molecule has 1 saturated heterocycles. The zero-order chi connectivity index (χ0) is 10.0. The normalized spacial score (nSPS) is 27.5. The van der Waals surface area contributed by atoms with Crippen molar-refractivity contribution < 1.29 is 10.2 Å². The van der Waals surface area contributed by atoms with Gasteiger partial charge >= 0.3 is 0 Å². The van der Waals surface area contributed by atoms with Gasteiger partial charge in [0.05, 0.1) is 11.9 Å². The maximum atomic E-state index is 10.2. The summed E-state index contributed by atoms with van der Waals surface area (Å²) in [5.41, 5.74) is -0.242. The van der Waals surface area contributed by atoms with Gasteiger partial charge in [0.25, 0.3) is 0 Å². The Morgan fingerprint density at radius 1 is 1.43 bits per heavy atom. The summed E-state index contributed by atoms with van der Waals surface area (Å²) in [6.45, 7) is 1.48. The molecule has 4 heteroatoms. The Morgan fingerprint density at radius 3 is 2.86 bits per heavy atom. The molecule has 1 aromatic heterocycles. The van der Waals surface area contributed by atoms with Gasteiger partial charge in [-0.25, -0.2) is 0 Å². The van der Waals surface area contributed by atoms with Gasteiger partial charge in [-0.3, -0.25) is 4.98 Å². The van der Waals surface area contributed by atoms with Gasteiger partial charge in [0, 0.05) is 6.54 Å². The molecule has 2 heterocycles. The van der Waals surface area contributed by atoms with Crippen LogP contribution in [0.4, 0.5) is 0 Å². The van der Waals surface area contributed by atoms with E-state index in [1.54, 1.807) is 12.1 Å². The van der Waals surface area contributed by atoms with E-state index < -0.39 is 5.60 Å². The Morgan fingerprint density at radius 2 is 2.29 bits per heavy atom. The number of aliphatic hydroxyl groups is 1.